The van der Waals surface area contributed by atoms with Crippen LogP contribution in [0.4, 0.5) is 0 Å². The average Bonchev–Trinajstić information content (AvgIpc) is 3.16. The number of halogens is 1. The van der Waals surface area contributed by atoms with Crippen LogP contribution in [-0.2, 0) is 13.0 Å². The van der Waals surface area contributed by atoms with Gasteiger partial charge in [0.05, 0.1) is 23.8 Å². The summed E-state index contributed by atoms with van der Waals surface area (Å²) in [4.78, 5) is 11.9. The Labute approximate surface area is 129 Å². The van der Waals surface area contributed by atoms with E-state index in [0.29, 0.717) is 11.7 Å². The molecule has 6 nitrogen and oxygen atoms in total. The molecule has 0 saturated carbocycles. The van der Waals surface area contributed by atoms with Gasteiger partial charge in [-0.3, -0.25) is 5.32 Å². The summed E-state index contributed by atoms with van der Waals surface area (Å²) < 4.78 is 6.43. The zero-order chi connectivity index (χ0) is 14.2. The fourth-order valence-corrected chi connectivity index (χ4v) is 2.70. The lowest BCUT2D eigenvalue weighted by molar-refractivity contribution is 0.319. The van der Waals surface area contributed by atoms with Crippen LogP contribution in [0.5, 0.6) is 0 Å². The first-order valence-electron chi connectivity index (χ1n) is 6.63. The SMILES string of the molecule is Brc1ccc(-c2noc(C3Cc4nc[nH]c4CN3)n2)cc1. The number of aromatic amines is 1. The van der Waals surface area contributed by atoms with Crippen molar-refractivity contribution in [2.24, 2.45) is 0 Å². The molecular formula is C14H12BrN5O. The highest BCUT2D eigenvalue weighted by atomic mass is 79.9. The van der Waals surface area contributed by atoms with Crippen LogP contribution in [0.3, 0.4) is 0 Å². The first-order chi connectivity index (χ1) is 10.3. The molecular weight excluding hydrogens is 334 g/mol. The topological polar surface area (TPSA) is 79.6 Å². The molecule has 7 heteroatoms. The molecule has 21 heavy (non-hydrogen) atoms. The Bertz CT molecular complexity index is 764. The van der Waals surface area contributed by atoms with Gasteiger partial charge >= 0.3 is 0 Å². The summed E-state index contributed by atoms with van der Waals surface area (Å²) in [6.45, 7) is 0.732. The molecule has 1 aromatic carbocycles. The Morgan fingerprint density at radius 1 is 1.24 bits per heavy atom. The van der Waals surface area contributed by atoms with Crippen molar-refractivity contribution in [1.82, 2.24) is 25.4 Å². The number of nitrogens with one attached hydrogen (secondary N) is 2. The van der Waals surface area contributed by atoms with Crippen molar-refractivity contribution in [3.63, 3.8) is 0 Å². The third-order valence-corrected chi connectivity index (χ3v) is 4.10. The number of rotatable bonds is 2. The van der Waals surface area contributed by atoms with Crippen molar-refractivity contribution in [2.75, 3.05) is 0 Å². The van der Waals surface area contributed by atoms with Gasteiger partial charge in [0.25, 0.3) is 0 Å². The average molecular weight is 346 g/mol. The van der Waals surface area contributed by atoms with Crippen molar-refractivity contribution < 1.29 is 4.52 Å². The molecule has 106 valence electrons. The zero-order valence-electron chi connectivity index (χ0n) is 11.0. The maximum absolute atomic E-state index is 5.41. The van der Waals surface area contributed by atoms with E-state index in [-0.39, 0.29) is 6.04 Å². The van der Waals surface area contributed by atoms with Crippen LogP contribution >= 0.6 is 15.9 Å². The zero-order valence-corrected chi connectivity index (χ0v) is 12.6. The molecule has 1 aliphatic rings. The summed E-state index contributed by atoms with van der Waals surface area (Å²) >= 11 is 3.41. The minimum absolute atomic E-state index is 0.0116. The van der Waals surface area contributed by atoms with E-state index in [2.05, 4.69) is 41.4 Å². The minimum atomic E-state index is 0.0116. The van der Waals surface area contributed by atoms with E-state index in [1.54, 1.807) is 6.33 Å². The predicted molar refractivity (Wildman–Crippen MR) is 79.3 cm³/mol. The fourth-order valence-electron chi connectivity index (χ4n) is 2.44. The van der Waals surface area contributed by atoms with E-state index in [1.807, 2.05) is 24.3 Å². The Morgan fingerprint density at radius 2 is 2.10 bits per heavy atom. The first kappa shape index (κ1) is 12.7. The standard InChI is InChI=1S/C14H12BrN5O/c15-9-3-1-8(2-4-9)13-19-14(21-20-13)11-5-10-12(6-16-11)18-7-17-10/h1-4,7,11,16H,5-6H2,(H,17,18). The largest absolute Gasteiger partial charge is 0.347 e. The molecule has 0 amide bonds. The molecule has 2 aromatic heterocycles. The maximum Gasteiger partial charge on any atom is 0.244 e. The van der Waals surface area contributed by atoms with Gasteiger partial charge in [-0.25, -0.2) is 4.98 Å². The molecule has 0 saturated heterocycles. The van der Waals surface area contributed by atoms with E-state index in [4.69, 9.17) is 4.52 Å². The molecule has 1 unspecified atom stereocenters. The smallest absolute Gasteiger partial charge is 0.244 e. The number of H-pyrrole nitrogens is 1. The number of hydrogen-bond donors (Lipinski definition) is 2. The van der Waals surface area contributed by atoms with E-state index in [1.165, 1.54) is 0 Å². The molecule has 0 spiro atoms. The third kappa shape index (κ3) is 2.38. The second-order valence-corrected chi connectivity index (χ2v) is 5.84. The van der Waals surface area contributed by atoms with Crippen LogP contribution < -0.4 is 5.32 Å². The van der Waals surface area contributed by atoms with Crippen molar-refractivity contribution in [2.45, 2.75) is 19.0 Å². The van der Waals surface area contributed by atoms with Gasteiger partial charge in [-0.2, -0.15) is 4.98 Å². The van der Waals surface area contributed by atoms with Crippen LogP contribution in [0, 0.1) is 0 Å². The molecule has 1 atom stereocenters. The van der Waals surface area contributed by atoms with Crippen LogP contribution in [0.25, 0.3) is 11.4 Å². The van der Waals surface area contributed by atoms with Gasteiger partial charge in [-0.1, -0.05) is 21.1 Å². The van der Waals surface area contributed by atoms with Crippen molar-refractivity contribution >= 4 is 15.9 Å². The third-order valence-electron chi connectivity index (χ3n) is 3.57. The Kier molecular flexibility index (Phi) is 3.08. The van der Waals surface area contributed by atoms with E-state index in [9.17, 15) is 0 Å². The van der Waals surface area contributed by atoms with Gasteiger partial charge in [0.2, 0.25) is 11.7 Å². The second-order valence-electron chi connectivity index (χ2n) is 4.93. The lowest BCUT2D eigenvalue weighted by Crippen LogP contribution is -2.28. The summed E-state index contributed by atoms with van der Waals surface area (Å²) in [7, 11) is 0. The molecule has 3 heterocycles. The number of benzene rings is 1. The highest BCUT2D eigenvalue weighted by Gasteiger charge is 2.26. The molecule has 0 bridgehead atoms. The highest BCUT2D eigenvalue weighted by molar-refractivity contribution is 9.10. The molecule has 4 rings (SSSR count). The summed E-state index contributed by atoms with van der Waals surface area (Å²) in [5, 5.41) is 7.44. The molecule has 2 N–H and O–H groups in total. The summed E-state index contributed by atoms with van der Waals surface area (Å²) in [5.41, 5.74) is 3.12. The second kappa shape index (κ2) is 5.09. The quantitative estimate of drug-likeness (QED) is 0.746. The molecule has 0 radical (unpaired) electrons. The molecule has 0 fully saturated rings. The number of hydrogen-bond acceptors (Lipinski definition) is 5. The number of fused-ring (bicyclic) bond motifs is 1. The lowest BCUT2D eigenvalue weighted by Gasteiger charge is -2.19. The first-order valence-corrected chi connectivity index (χ1v) is 7.43. The van der Waals surface area contributed by atoms with Crippen molar-refractivity contribution in [3.05, 3.63) is 52.3 Å². The van der Waals surface area contributed by atoms with Gasteiger partial charge in [0, 0.05) is 23.0 Å². The van der Waals surface area contributed by atoms with E-state index >= 15 is 0 Å². The summed E-state index contributed by atoms with van der Waals surface area (Å²) in [5.74, 6) is 1.20. The van der Waals surface area contributed by atoms with Gasteiger partial charge in [-0.15, -0.1) is 0 Å². The Hall–Kier alpha value is -1.99. The van der Waals surface area contributed by atoms with Crippen LogP contribution in [0.1, 0.15) is 23.3 Å². The van der Waals surface area contributed by atoms with Gasteiger partial charge in [0.1, 0.15) is 0 Å². The predicted octanol–water partition coefficient (Wildman–Crippen LogP) is 2.61. The van der Waals surface area contributed by atoms with Crippen LogP contribution in [-0.4, -0.2) is 20.1 Å². The Morgan fingerprint density at radius 3 is 2.95 bits per heavy atom. The summed E-state index contributed by atoms with van der Waals surface area (Å²) in [6, 6.07) is 7.84. The van der Waals surface area contributed by atoms with E-state index < -0.39 is 0 Å². The summed E-state index contributed by atoms with van der Waals surface area (Å²) in [6.07, 6.45) is 2.47. The van der Waals surface area contributed by atoms with Gasteiger partial charge in [-0.05, 0) is 24.3 Å². The number of imidazole rings is 1. The van der Waals surface area contributed by atoms with Gasteiger partial charge < -0.3 is 9.51 Å². The van der Waals surface area contributed by atoms with Crippen molar-refractivity contribution in [1.29, 1.82) is 0 Å². The van der Waals surface area contributed by atoms with Crippen LogP contribution in [0.2, 0.25) is 0 Å². The lowest BCUT2D eigenvalue weighted by atomic mass is 10.1. The van der Waals surface area contributed by atoms with Crippen molar-refractivity contribution in [3.8, 4) is 11.4 Å². The number of aromatic nitrogens is 4. The normalized spacial score (nSPS) is 17.7. The molecule has 3 aromatic rings. The fraction of sp³-hybridized carbons (Fsp3) is 0.214. The van der Waals surface area contributed by atoms with Gasteiger partial charge in [0.15, 0.2) is 0 Å². The Balaban J connectivity index is 1.59. The maximum atomic E-state index is 5.41. The minimum Gasteiger partial charge on any atom is -0.347 e. The highest BCUT2D eigenvalue weighted by Crippen LogP contribution is 2.25. The number of nitrogens with zero attached hydrogens (tertiary/aromatic N) is 3. The molecule has 1 aliphatic heterocycles. The monoisotopic (exact) mass is 345 g/mol. The van der Waals surface area contributed by atoms with Crippen LogP contribution in [0.15, 0.2) is 39.6 Å². The molecule has 0 aliphatic carbocycles. The van der Waals surface area contributed by atoms with E-state index in [0.717, 1.165) is 34.4 Å².